The molecule has 0 radical (unpaired) electrons. The molecule has 1 saturated heterocycles. The number of hydrogen-bond acceptors (Lipinski definition) is 3. The Kier molecular flexibility index (Phi) is 6.68. The monoisotopic (exact) mass is 286 g/mol. The summed E-state index contributed by atoms with van der Waals surface area (Å²) in [6, 6.07) is 0.733. The van der Waals surface area contributed by atoms with Gasteiger partial charge in [0.15, 0.2) is 0 Å². The summed E-state index contributed by atoms with van der Waals surface area (Å²) in [6.07, 6.45) is 3.92. The van der Waals surface area contributed by atoms with E-state index in [1.807, 2.05) is 0 Å². The van der Waals surface area contributed by atoms with Crippen LogP contribution in [0.15, 0.2) is 0 Å². The molecule has 1 unspecified atom stereocenters. The molecule has 1 heterocycles. The molecule has 2 nitrogen and oxygen atoms in total. The van der Waals surface area contributed by atoms with E-state index in [0.717, 1.165) is 12.6 Å². The van der Waals surface area contributed by atoms with Gasteiger partial charge >= 0.3 is 0 Å². The molecule has 0 amide bonds. The van der Waals surface area contributed by atoms with Crippen molar-refractivity contribution in [2.75, 3.05) is 25.4 Å². The van der Waals surface area contributed by atoms with Crippen LogP contribution in [0.3, 0.4) is 0 Å². The van der Waals surface area contributed by atoms with Gasteiger partial charge in [0.05, 0.1) is 0 Å². The number of rotatable bonds is 5. The van der Waals surface area contributed by atoms with Crippen LogP contribution in [-0.2, 0) is 0 Å². The van der Waals surface area contributed by atoms with Crippen LogP contribution in [-0.4, -0.2) is 46.6 Å². The van der Waals surface area contributed by atoms with Gasteiger partial charge in [0, 0.05) is 28.6 Å². The number of nitrogens with one attached hydrogen (secondary N) is 1. The van der Waals surface area contributed by atoms with E-state index < -0.39 is 0 Å². The topological polar surface area (TPSA) is 15.3 Å². The van der Waals surface area contributed by atoms with Gasteiger partial charge < -0.3 is 5.32 Å². The Morgan fingerprint density at radius 3 is 2.58 bits per heavy atom. The van der Waals surface area contributed by atoms with E-state index in [2.05, 4.69) is 63.5 Å². The van der Waals surface area contributed by atoms with Crippen LogP contribution < -0.4 is 5.32 Å². The quantitative estimate of drug-likeness (QED) is 0.775. The zero-order valence-electron chi connectivity index (χ0n) is 13.9. The molecule has 0 aromatic heterocycles. The molecule has 0 spiro atoms. The summed E-state index contributed by atoms with van der Waals surface area (Å²) >= 11 is 2.14. The minimum atomic E-state index is 0.256. The molecule has 114 valence electrons. The van der Waals surface area contributed by atoms with E-state index >= 15 is 0 Å². The standard InChI is InChI=1S/C16H34N2S/c1-14(8-7-10-17-15(2,3)4)18-11-9-16(5,6)19-13-12-18/h14,17H,7-13H2,1-6H3. The molecular formula is C16H34N2S. The van der Waals surface area contributed by atoms with Crippen LogP contribution in [0.4, 0.5) is 0 Å². The average molecular weight is 287 g/mol. The van der Waals surface area contributed by atoms with Crippen molar-refractivity contribution in [1.29, 1.82) is 0 Å². The molecule has 19 heavy (non-hydrogen) atoms. The second-order valence-electron chi connectivity index (χ2n) is 7.56. The Bertz CT molecular complexity index is 258. The highest BCUT2D eigenvalue weighted by molar-refractivity contribution is 8.00. The van der Waals surface area contributed by atoms with E-state index in [4.69, 9.17) is 0 Å². The summed E-state index contributed by atoms with van der Waals surface area (Å²) in [6.45, 7) is 17.6. The third kappa shape index (κ3) is 7.57. The molecule has 3 heteroatoms. The first-order valence-corrected chi connectivity index (χ1v) is 8.81. The Hall–Kier alpha value is 0.270. The first-order valence-electron chi connectivity index (χ1n) is 7.83. The van der Waals surface area contributed by atoms with E-state index in [1.165, 1.54) is 38.1 Å². The average Bonchev–Trinajstić information content (AvgIpc) is 2.44. The smallest absolute Gasteiger partial charge is 0.0116 e. The van der Waals surface area contributed by atoms with Crippen molar-refractivity contribution in [3.8, 4) is 0 Å². The number of hydrogen-bond donors (Lipinski definition) is 1. The van der Waals surface area contributed by atoms with Crippen LogP contribution >= 0.6 is 11.8 Å². The Labute approximate surface area is 125 Å². The minimum Gasteiger partial charge on any atom is -0.312 e. The predicted octanol–water partition coefficient (Wildman–Crippen LogP) is 3.76. The maximum absolute atomic E-state index is 3.58. The summed E-state index contributed by atoms with van der Waals surface area (Å²) in [5.74, 6) is 1.29. The molecule has 0 aromatic carbocycles. The molecule has 1 aliphatic heterocycles. The van der Waals surface area contributed by atoms with Crippen molar-refractivity contribution in [3.05, 3.63) is 0 Å². The van der Waals surface area contributed by atoms with Gasteiger partial charge in [-0.15, -0.1) is 0 Å². The second kappa shape index (κ2) is 7.33. The Morgan fingerprint density at radius 2 is 1.95 bits per heavy atom. The molecule has 0 bridgehead atoms. The highest BCUT2D eigenvalue weighted by atomic mass is 32.2. The van der Waals surface area contributed by atoms with Crippen LogP contribution in [0.5, 0.6) is 0 Å². The Morgan fingerprint density at radius 1 is 1.26 bits per heavy atom. The molecule has 0 aliphatic carbocycles. The van der Waals surface area contributed by atoms with E-state index in [1.54, 1.807) is 0 Å². The van der Waals surface area contributed by atoms with Crippen LogP contribution in [0.2, 0.25) is 0 Å². The summed E-state index contributed by atoms with van der Waals surface area (Å²) in [5, 5.41) is 3.58. The molecule has 1 N–H and O–H groups in total. The summed E-state index contributed by atoms with van der Waals surface area (Å²) < 4.78 is 0.474. The summed E-state index contributed by atoms with van der Waals surface area (Å²) in [7, 11) is 0. The van der Waals surface area contributed by atoms with Gasteiger partial charge in [0.1, 0.15) is 0 Å². The van der Waals surface area contributed by atoms with E-state index in [9.17, 15) is 0 Å². The Balaban J connectivity index is 2.24. The number of thioether (sulfide) groups is 1. The van der Waals surface area contributed by atoms with Gasteiger partial charge in [-0.3, -0.25) is 4.90 Å². The fourth-order valence-electron chi connectivity index (χ4n) is 2.52. The maximum Gasteiger partial charge on any atom is 0.0116 e. The summed E-state index contributed by atoms with van der Waals surface area (Å²) in [4.78, 5) is 2.69. The maximum atomic E-state index is 3.58. The predicted molar refractivity (Wildman–Crippen MR) is 89.2 cm³/mol. The highest BCUT2D eigenvalue weighted by Gasteiger charge is 2.25. The van der Waals surface area contributed by atoms with Gasteiger partial charge in [0.25, 0.3) is 0 Å². The molecule has 1 atom stereocenters. The SMILES string of the molecule is CC(CCCNC(C)(C)C)N1CCSC(C)(C)CC1. The molecule has 0 aromatic rings. The third-order valence-electron chi connectivity index (χ3n) is 3.95. The van der Waals surface area contributed by atoms with E-state index in [-0.39, 0.29) is 5.54 Å². The van der Waals surface area contributed by atoms with Crippen molar-refractivity contribution in [1.82, 2.24) is 10.2 Å². The first kappa shape index (κ1) is 17.3. The fourth-order valence-corrected chi connectivity index (χ4v) is 3.63. The van der Waals surface area contributed by atoms with Crippen molar-refractivity contribution in [2.45, 2.75) is 77.1 Å². The third-order valence-corrected chi connectivity index (χ3v) is 5.32. The van der Waals surface area contributed by atoms with Gasteiger partial charge in [-0.05, 0) is 60.0 Å². The van der Waals surface area contributed by atoms with Gasteiger partial charge in [-0.1, -0.05) is 13.8 Å². The lowest BCUT2D eigenvalue weighted by Gasteiger charge is -2.29. The molecule has 1 aliphatic rings. The summed E-state index contributed by atoms with van der Waals surface area (Å²) in [5.41, 5.74) is 0.256. The van der Waals surface area contributed by atoms with Crippen LogP contribution in [0, 0.1) is 0 Å². The lowest BCUT2D eigenvalue weighted by Crippen LogP contribution is -2.38. The van der Waals surface area contributed by atoms with Gasteiger partial charge in [-0.25, -0.2) is 0 Å². The van der Waals surface area contributed by atoms with Crippen molar-refractivity contribution < 1.29 is 0 Å². The second-order valence-corrected chi connectivity index (χ2v) is 9.36. The molecule has 1 rings (SSSR count). The van der Waals surface area contributed by atoms with Gasteiger partial charge in [-0.2, -0.15) is 11.8 Å². The van der Waals surface area contributed by atoms with E-state index in [0.29, 0.717) is 4.75 Å². The van der Waals surface area contributed by atoms with Crippen LogP contribution in [0.1, 0.15) is 60.8 Å². The number of nitrogens with zero attached hydrogens (tertiary/aromatic N) is 1. The zero-order chi connectivity index (χ0) is 14.5. The first-order chi connectivity index (χ1) is 8.70. The molecular weight excluding hydrogens is 252 g/mol. The highest BCUT2D eigenvalue weighted by Crippen LogP contribution is 2.31. The van der Waals surface area contributed by atoms with Crippen molar-refractivity contribution in [3.63, 3.8) is 0 Å². The minimum absolute atomic E-state index is 0.256. The zero-order valence-corrected chi connectivity index (χ0v) is 14.7. The van der Waals surface area contributed by atoms with Crippen molar-refractivity contribution >= 4 is 11.8 Å². The molecule has 1 fully saturated rings. The normalized spacial score (nSPS) is 23.1. The van der Waals surface area contributed by atoms with Crippen LogP contribution in [0.25, 0.3) is 0 Å². The van der Waals surface area contributed by atoms with Crippen molar-refractivity contribution in [2.24, 2.45) is 0 Å². The molecule has 0 saturated carbocycles. The van der Waals surface area contributed by atoms with Gasteiger partial charge in [0.2, 0.25) is 0 Å². The fraction of sp³-hybridized carbons (Fsp3) is 1.00. The lowest BCUT2D eigenvalue weighted by molar-refractivity contribution is 0.204. The largest absolute Gasteiger partial charge is 0.312 e. The lowest BCUT2D eigenvalue weighted by atomic mass is 10.1.